The summed E-state index contributed by atoms with van der Waals surface area (Å²) in [4.78, 5) is 28.0. The van der Waals surface area contributed by atoms with Crippen molar-refractivity contribution in [1.82, 2.24) is 4.90 Å². The molecule has 0 radical (unpaired) electrons. The van der Waals surface area contributed by atoms with Crippen LogP contribution in [0.2, 0.25) is 0 Å². The summed E-state index contributed by atoms with van der Waals surface area (Å²) in [5, 5.41) is 0. The molecule has 0 saturated carbocycles. The molecule has 4 nitrogen and oxygen atoms in total. The lowest BCUT2D eigenvalue weighted by Crippen LogP contribution is -2.55. The second-order valence-electron chi connectivity index (χ2n) is 7.02. The van der Waals surface area contributed by atoms with E-state index in [0.717, 1.165) is 11.1 Å². The Morgan fingerprint density at radius 1 is 1.15 bits per heavy atom. The molecule has 4 heteroatoms. The van der Waals surface area contributed by atoms with E-state index in [9.17, 15) is 9.59 Å². The number of amides is 1. The van der Waals surface area contributed by atoms with Gasteiger partial charge in [0.1, 0.15) is 11.3 Å². The van der Waals surface area contributed by atoms with E-state index in [4.69, 9.17) is 4.74 Å². The minimum atomic E-state index is -1.06. The van der Waals surface area contributed by atoms with Crippen LogP contribution in [0.15, 0.2) is 66.9 Å². The maximum atomic E-state index is 13.3. The molecule has 0 unspecified atom stereocenters. The molecule has 27 heavy (non-hydrogen) atoms. The Labute approximate surface area is 159 Å². The van der Waals surface area contributed by atoms with Gasteiger partial charge in [-0.2, -0.15) is 0 Å². The van der Waals surface area contributed by atoms with E-state index in [1.54, 1.807) is 39.0 Å². The van der Waals surface area contributed by atoms with E-state index >= 15 is 0 Å². The van der Waals surface area contributed by atoms with Gasteiger partial charge in [-0.1, -0.05) is 61.2 Å². The van der Waals surface area contributed by atoms with Crippen LogP contribution in [-0.2, 0) is 9.53 Å². The number of hydrogen-bond donors (Lipinski definition) is 0. The number of nitrogens with zero attached hydrogens (tertiary/aromatic N) is 1. The highest BCUT2D eigenvalue weighted by Crippen LogP contribution is 2.32. The Balaban J connectivity index is 1.96. The summed E-state index contributed by atoms with van der Waals surface area (Å²) >= 11 is 0. The normalized spacial score (nSPS) is 14.8. The van der Waals surface area contributed by atoms with Gasteiger partial charge in [0.05, 0.1) is 5.57 Å². The standard InChI is InChI=1S/C23H23NO3/c1-5-17-10-9-13-19(14-17)21(25)23(3,4)24-15-27-16(2)20(22(24)26)18-11-7-6-8-12-18/h5-14H,1,15H2,2-4H3. The third kappa shape index (κ3) is 3.43. The van der Waals surface area contributed by atoms with E-state index in [2.05, 4.69) is 6.58 Å². The topological polar surface area (TPSA) is 46.6 Å². The van der Waals surface area contributed by atoms with Gasteiger partial charge in [-0.25, -0.2) is 0 Å². The number of benzene rings is 2. The van der Waals surface area contributed by atoms with Crippen LogP contribution in [0.1, 0.15) is 42.3 Å². The van der Waals surface area contributed by atoms with Gasteiger partial charge >= 0.3 is 0 Å². The van der Waals surface area contributed by atoms with Gasteiger partial charge in [-0.3, -0.25) is 14.5 Å². The van der Waals surface area contributed by atoms with Crippen molar-refractivity contribution in [3.63, 3.8) is 0 Å². The van der Waals surface area contributed by atoms with Gasteiger partial charge in [0.2, 0.25) is 0 Å². The summed E-state index contributed by atoms with van der Waals surface area (Å²) in [7, 11) is 0. The molecule has 0 spiro atoms. The van der Waals surface area contributed by atoms with Crippen molar-refractivity contribution in [1.29, 1.82) is 0 Å². The van der Waals surface area contributed by atoms with Crippen LogP contribution in [0.5, 0.6) is 0 Å². The molecule has 0 aliphatic carbocycles. The van der Waals surface area contributed by atoms with E-state index < -0.39 is 5.54 Å². The third-order valence-corrected chi connectivity index (χ3v) is 4.90. The first kappa shape index (κ1) is 18.6. The average Bonchev–Trinajstić information content (AvgIpc) is 2.68. The van der Waals surface area contributed by atoms with E-state index in [-0.39, 0.29) is 18.4 Å². The van der Waals surface area contributed by atoms with Gasteiger partial charge in [-0.15, -0.1) is 0 Å². The zero-order valence-electron chi connectivity index (χ0n) is 15.9. The van der Waals surface area contributed by atoms with Crippen molar-refractivity contribution >= 4 is 23.3 Å². The maximum absolute atomic E-state index is 13.3. The number of ketones is 1. The van der Waals surface area contributed by atoms with Gasteiger partial charge in [0.15, 0.2) is 12.5 Å². The van der Waals surface area contributed by atoms with Crippen molar-refractivity contribution in [2.45, 2.75) is 26.3 Å². The summed E-state index contributed by atoms with van der Waals surface area (Å²) in [6.07, 6.45) is 1.69. The average molecular weight is 361 g/mol. The summed E-state index contributed by atoms with van der Waals surface area (Å²) < 4.78 is 5.76. The van der Waals surface area contributed by atoms with Crippen molar-refractivity contribution in [2.24, 2.45) is 0 Å². The van der Waals surface area contributed by atoms with Crippen LogP contribution in [0.4, 0.5) is 0 Å². The van der Waals surface area contributed by atoms with Crippen LogP contribution in [-0.4, -0.2) is 28.9 Å². The number of carbonyl (C=O) groups excluding carboxylic acids is 2. The molecule has 0 atom stereocenters. The monoisotopic (exact) mass is 361 g/mol. The molecular formula is C23H23NO3. The number of hydrogen-bond acceptors (Lipinski definition) is 3. The quantitative estimate of drug-likeness (QED) is 0.735. The fraction of sp³-hybridized carbons (Fsp3) is 0.217. The number of carbonyl (C=O) groups is 2. The second-order valence-corrected chi connectivity index (χ2v) is 7.02. The number of allylic oxidation sites excluding steroid dienone is 1. The predicted octanol–water partition coefficient (Wildman–Crippen LogP) is 4.54. The molecule has 138 valence electrons. The SMILES string of the molecule is C=Cc1cccc(C(=O)C(C)(C)N2COC(C)=C(c3ccccc3)C2=O)c1. The Kier molecular flexibility index (Phi) is 5.00. The zero-order valence-corrected chi connectivity index (χ0v) is 15.9. The van der Waals surface area contributed by atoms with Crippen LogP contribution in [0.25, 0.3) is 11.6 Å². The van der Waals surface area contributed by atoms with Gasteiger partial charge in [-0.05, 0) is 38.0 Å². The predicted molar refractivity (Wildman–Crippen MR) is 107 cm³/mol. The van der Waals surface area contributed by atoms with Crippen LogP contribution in [0, 0.1) is 0 Å². The third-order valence-electron chi connectivity index (χ3n) is 4.90. The number of Topliss-reactive ketones (excluding diaryl/α,β-unsaturated/α-hetero) is 1. The van der Waals surface area contributed by atoms with Crippen molar-refractivity contribution in [3.05, 3.63) is 83.6 Å². The molecule has 3 rings (SSSR count). The molecule has 0 saturated heterocycles. The first-order valence-corrected chi connectivity index (χ1v) is 8.84. The minimum absolute atomic E-state index is 0.0425. The van der Waals surface area contributed by atoms with Gasteiger partial charge in [0, 0.05) is 5.56 Å². The molecule has 0 bridgehead atoms. The molecule has 1 heterocycles. The molecular weight excluding hydrogens is 338 g/mol. The zero-order chi connectivity index (χ0) is 19.6. The van der Waals surface area contributed by atoms with E-state index in [1.165, 1.54) is 4.90 Å². The Morgan fingerprint density at radius 3 is 2.52 bits per heavy atom. The van der Waals surface area contributed by atoms with Gasteiger partial charge in [0.25, 0.3) is 5.91 Å². The smallest absolute Gasteiger partial charge is 0.261 e. The summed E-state index contributed by atoms with van der Waals surface area (Å²) in [6.45, 7) is 9.07. The summed E-state index contributed by atoms with van der Waals surface area (Å²) in [5.41, 5.74) is 1.61. The highest BCUT2D eigenvalue weighted by atomic mass is 16.5. The Morgan fingerprint density at radius 2 is 1.85 bits per heavy atom. The Hall–Kier alpha value is -3.14. The largest absolute Gasteiger partial charge is 0.477 e. The van der Waals surface area contributed by atoms with Crippen LogP contribution in [0.3, 0.4) is 0 Å². The lowest BCUT2D eigenvalue weighted by atomic mass is 9.89. The van der Waals surface area contributed by atoms with E-state index in [1.807, 2.05) is 42.5 Å². The van der Waals surface area contributed by atoms with Crippen molar-refractivity contribution in [2.75, 3.05) is 6.73 Å². The first-order valence-electron chi connectivity index (χ1n) is 8.84. The van der Waals surface area contributed by atoms with Crippen LogP contribution < -0.4 is 0 Å². The fourth-order valence-electron chi connectivity index (χ4n) is 3.21. The minimum Gasteiger partial charge on any atom is -0.477 e. The first-order chi connectivity index (χ1) is 12.9. The van der Waals surface area contributed by atoms with Gasteiger partial charge < -0.3 is 4.74 Å². The summed E-state index contributed by atoms with van der Waals surface area (Å²) in [5.74, 6) is 0.220. The molecule has 1 amide bonds. The molecule has 1 aliphatic heterocycles. The molecule has 1 aliphatic rings. The van der Waals surface area contributed by atoms with Crippen molar-refractivity contribution < 1.29 is 14.3 Å². The van der Waals surface area contributed by atoms with Crippen molar-refractivity contribution in [3.8, 4) is 0 Å². The highest BCUT2D eigenvalue weighted by Gasteiger charge is 2.42. The van der Waals surface area contributed by atoms with Crippen LogP contribution >= 0.6 is 0 Å². The lowest BCUT2D eigenvalue weighted by Gasteiger charge is -2.40. The molecule has 0 N–H and O–H groups in total. The second kappa shape index (κ2) is 7.23. The number of ether oxygens (including phenoxy) is 1. The highest BCUT2D eigenvalue weighted by molar-refractivity contribution is 6.22. The Bertz CT molecular complexity index is 926. The van der Waals surface area contributed by atoms with E-state index in [0.29, 0.717) is 16.9 Å². The molecule has 2 aromatic carbocycles. The molecule has 2 aromatic rings. The fourth-order valence-corrected chi connectivity index (χ4v) is 3.21. The summed E-state index contributed by atoms with van der Waals surface area (Å²) in [6, 6.07) is 16.6. The lowest BCUT2D eigenvalue weighted by molar-refractivity contribution is -0.136. The maximum Gasteiger partial charge on any atom is 0.261 e. The molecule has 0 aromatic heterocycles. The number of rotatable bonds is 5. The molecule has 0 fully saturated rings.